The van der Waals surface area contributed by atoms with E-state index in [2.05, 4.69) is 58.5 Å². The third kappa shape index (κ3) is 27.2. The molecule has 0 spiro atoms. The fourth-order valence-electron chi connectivity index (χ4n) is 4.48. The molecule has 248 valence electrons. The van der Waals surface area contributed by atoms with Crippen molar-refractivity contribution in [3.05, 3.63) is 42.6 Å². The van der Waals surface area contributed by atoms with Crippen LogP contribution >= 0.6 is 0 Å². The van der Waals surface area contributed by atoms with Gasteiger partial charge in [0.05, 0.1) is 35.7 Å². The minimum Gasteiger partial charge on any atom is -0.403 e. The van der Waals surface area contributed by atoms with E-state index in [0.717, 1.165) is 40.4 Å². The number of nitrogens with zero attached hydrogens (tertiary/aromatic N) is 7. The molecule has 0 aliphatic heterocycles. The monoisotopic (exact) mass is 609 g/mol. The summed E-state index contributed by atoms with van der Waals surface area (Å²) < 4.78 is 0. The van der Waals surface area contributed by atoms with E-state index in [-0.39, 0.29) is 0 Å². The second-order valence-electron chi connectivity index (χ2n) is 10.3. The smallest absolute Gasteiger partial charge is 0.125 e. The van der Waals surface area contributed by atoms with Gasteiger partial charge in [0.15, 0.2) is 0 Å². The number of nitriles is 2. The summed E-state index contributed by atoms with van der Waals surface area (Å²) >= 11 is 0. The van der Waals surface area contributed by atoms with Crippen molar-refractivity contribution < 1.29 is 0 Å². The maximum Gasteiger partial charge on any atom is 0.125 e. The largest absolute Gasteiger partial charge is 0.403 e. The predicted octanol–water partition coefficient (Wildman–Crippen LogP) is 9.81. The number of aliphatic imine (C=N–C) groups is 3. The van der Waals surface area contributed by atoms with Crippen LogP contribution in [-0.2, 0) is 0 Å². The summed E-state index contributed by atoms with van der Waals surface area (Å²) in [5.74, 6) is 3.29. The van der Waals surface area contributed by atoms with Crippen LogP contribution in [0.5, 0.6) is 0 Å². The summed E-state index contributed by atoms with van der Waals surface area (Å²) in [6, 6.07) is 3.73. The molecule has 0 bridgehead atoms. The van der Waals surface area contributed by atoms with Gasteiger partial charge in [0, 0.05) is 39.4 Å². The van der Waals surface area contributed by atoms with Crippen LogP contribution in [0.4, 0.5) is 5.69 Å². The zero-order valence-corrected chi connectivity index (χ0v) is 30.1. The molecule has 1 unspecified atom stereocenters. The first kappa shape index (κ1) is 47.3. The lowest BCUT2D eigenvalue weighted by atomic mass is 9.91. The van der Waals surface area contributed by atoms with Crippen molar-refractivity contribution in [3.63, 3.8) is 0 Å². The Morgan fingerprint density at radius 3 is 1.86 bits per heavy atom. The SMILES string of the molecule is C=C.C=C(C)N.CC.CC#N.CC1CCCCC1.CC=Nc1c(C)nc(C)nc1C1CC[C@@H](C)C1.CN=CC(CC#N)=NC. The molecule has 8 nitrogen and oxygen atoms in total. The number of hydrogen-bond donors (Lipinski definition) is 1. The van der Waals surface area contributed by atoms with Crippen LogP contribution < -0.4 is 5.73 Å². The molecule has 8 heteroatoms. The summed E-state index contributed by atoms with van der Waals surface area (Å²) in [7, 11) is 3.30. The van der Waals surface area contributed by atoms with Gasteiger partial charge in [0.2, 0.25) is 0 Å². The van der Waals surface area contributed by atoms with Crippen molar-refractivity contribution in [3.8, 4) is 12.1 Å². The van der Waals surface area contributed by atoms with E-state index < -0.39 is 0 Å². The van der Waals surface area contributed by atoms with Gasteiger partial charge in [-0.2, -0.15) is 10.5 Å². The molecule has 0 aromatic carbocycles. The Bertz CT molecular complexity index is 1020. The summed E-state index contributed by atoms with van der Waals surface area (Å²) in [6.45, 7) is 27.1. The quantitative estimate of drug-likeness (QED) is 0.268. The summed E-state index contributed by atoms with van der Waals surface area (Å²) in [6.07, 6.45) is 15.0. The highest BCUT2D eigenvalue weighted by Gasteiger charge is 2.27. The van der Waals surface area contributed by atoms with Gasteiger partial charge in [-0.15, -0.1) is 13.2 Å². The van der Waals surface area contributed by atoms with E-state index in [1.54, 1.807) is 33.3 Å². The van der Waals surface area contributed by atoms with Gasteiger partial charge < -0.3 is 5.73 Å². The van der Waals surface area contributed by atoms with Gasteiger partial charge in [0.1, 0.15) is 11.5 Å². The lowest BCUT2D eigenvalue weighted by Crippen LogP contribution is -2.03. The van der Waals surface area contributed by atoms with E-state index in [1.165, 1.54) is 58.3 Å². The number of aromatic nitrogens is 2. The molecule has 44 heavy (non-hydrogen) atoms. The van der Waals surface area contributed by atoms with Crippen LogP contribution in [0.2, 0.25) is 0 Å². The summed E-state index contributed by atoms with van der Waals surface area (Å²) in [5.41, 5.74) is 9.47. The molecule has 0 radical (unpaired) electrons. The molecule has 2 aliphatic carbocycles. The molecule has 2 atom stereocenters. The highest BCUT2D eigenvalue weighted by Crippen LogP contribution is 2.41. The van der Waals surface area contributed by atoms with Crippen molar-refractivity contribution in [2.75, 3.05) is 14.1 Å². The number of nitrogens with two attached hydrogens (primary N) is 1. The Balaban J connectivity index is -0.000000251. The third-order valence-electron chi connectivity index (χ3n) is 6.26. The maximum absolute atomic E-state index is 8.20. The van der Waals surface area contributed by atoms with Gasteiger partial charge in [-0.05, 0) is 58.1 Å². The molecule has 1 aromatic rings. The van der Waals surface area contributed by atoms with Crippen molar-refractivity contribution >= 4 is 23.8 Å². The molecule has 2 N–H and O–H groups in total. The minimum atomic E-state index is 0.341. The van der Waals surface area contributed by atoms with Crippen LogP contribution in [0, 0.1) is 48.3 Å². The summed E-state index contributed by atoms with van der Waals surface area (Å²) in [5, 5.41) is 15.5. The van der Waals surface area contributed by atoms with E-state index in [0.29, 0.717) is 18.0 Å². The number of rotatable bonds is 4. The number of allylic oxidation sites excluding steroid dienone is 1. The lowest BCUT2D eigenvalue weighted by molar-refractivity contribution is 0.385. The molecule has 0 saturated heterocycles. The molecule has 2 fully saturated rings. The first-order valence-corrected chi connectivity index (χ1v) is 15.8. The molecule has 2 saturated carbocycles. The van der Waals surface area contributed by atoms with E-state index in [4.69, 9.17) is 16.3 Å². The topological polar surface area (TPSA) is 136 Å². The zero-order chi connectivity index (χ0) is 34.9. The van der Waals surface area contributed by atoms with Gasteiger partial charge in [-0.3, -0.25) is 15.0 Å². The van der Waals surface area contributed by atoms with Gasteiger partial charge in [-0.25, -0.2) is 9.97 Å². The van der Waals surface area contributed by atoms with Gasteiger partial charge in [0.25, 0.3) is 0 Å². The molecule has 0 amide bonds. The van der Waals surface area contributed by atoms with Crippen molar-refractivity contribution in [2.45, 2.75) is 126 Å². The van der Waals surface area contributed by atoms with Crippen LogP contribution in [-0.4, -0.2) is 42.2 Å². The highest BCUT2D eigenvalue weighted by atomic mass is 14.9. The standard InChI is InChI=1S/C14H21N3.C7H14.C6H9N3.C3H7N.C2H3N.C2H6.C2H4/c1-5-15-13-10(3)16-11(4)17-14(13)12-7-6-9(2)8-12;1-7-5-3-2-4-6-7;1-8-5-6(9-2)3-4-7;1-3(2)4;1-2-3;2*1-2/h5,9,12H,6-8H2,1-4H3;7H,2-6H2,1H3;5H,3H2,1-2H3;1,4H2,2H3;1H3;1-2H3;1-2H2/t9-,12?;;;;;;/m1....../s1. The van der Waals surface area contributed by atoms with Crippen molar-refractivity contribution in [2.24, 2.45) is 32.5 Å². The molecule has 3 rings (SSSR count). The average Bonchev–Trinajstić information content (AvgIpc) is 3.43. The normalized spacial score (nSPS) is 17.0. The Kier molecular flexibility index (Phi) is 36.4. The molecule has 2 aliphatic rings. The molecular formula is C36H64N8. The van der Waals surface area contributed by atoms with Crippen LogP contribution in [0.3, 0.4) is 0 Å². The predicted molar refractivity (Wildman–Crippen MR) is 194 cm³/mol. The van der Waals surface area contributed by atoms with E-state index in [9.17, 15) is 0 Å². The van der Waals surface area contributed by atoms with E-state index >= 15 is 0 Å². The van der Waals surface area contributed by atoms with E-state index in [1.807, 2.05) is 46.9 Å². The van der Waals surface area contributed by atoms with Gasteiger partial charge in [-0.1, -0.05) is 72.8 Å². The third-order valence-corrected chi connectivity index (χ3v) is 6.26. The Morgan fingerprint density at radius 1 is 1.00 bits per heavy atom. The zero-order valence-electron chi connectivity index (χ0n) is 30.1. The minimum absolute atomic E-state index is 0.341. The first-order valence-electron chi connectivity index (χ1n) is 15.8. The Labute approximate surface area is 271 Å². The van der Waals surface area contributed by atoms with Gasteiger partial charge >= 0.3 is 0 Å². The Morgan fingerprint density at radius 2 is 1.52 bits per heavy atom. The maximum atomic E-state index is 8.20. The van der Waals surface area contributed by atoms with Crippen LogP contribution in [0.25, 0.3) is 0 Å². The summed E-state index contributed by atoms with van der Waals surface area (Å²) in [4.78, 5) is 21.1. The lowest BCUT2D eigenvalue weighted by Gasteiger charge is -2.15. The second-order valence-corrected chi connectivity index (χ2v) is 10.3. The highest BCUT2D eigenvalue weighted by molar-refractivity contribution is 6.31. The first-order chi connectivity index (χ1) is 21.0. The number of aryl methyl sites for hydroxylation is 2. The fourth-order valence-corrected chi connectivity index (χ4v) is 4.48. The molecular weight excluding hydrogens is 544 g/mol. The second kappa shape index (κ2) is 33.8. The van der Waals surface area contributed by atoms with Crippen molar-refractivity contribution in [1.29, 1.82) is 10.5 Å². The number of hydrogen-bond acceptors (Lipinski definition) is 8. The average molecular weight is 609 g/mol. The fraction of sp³-hybridized carbons (Fsp3) is 0.639. The van der Waals surface area contributed by atoms with Crippen molar-refractivity contribution in [1.82, 2.24) is 9.97 Å². The molecule has 1 heterocycles. The van der Waals surface area contributed by atoms with Crippen LogP contribution in [0.1, 0.15) is 129 Å². The molecule has 1 aromatic heterocycles. The Hall–Kier alpha value is -3.65. The van der Waals surface area contributed by atoms with Crippen LogP contribution in [0.15, 0.2) is 40.4 Å².